The Morgan fingerprint density at radius 2 is 2.19 bits per heavy atom. The number of nitrogens with one attached hydrogen (secondary N) is 1. The molecule has 1 unspecified atom stereocenters. The molecule has 1 N–H and O–H groups in total. The van der Waals surface area contributed by atoms with Crippen molar-refractivity contribution in [3.8, 4) is 17.2 Å². The van der Waals surface area contributed by atoms with Crippen molar-refractivity contribution in [2.24, 2.45) is 0 Å². The number of rotatable bonds is 5. The SMILES string of the molecule is Cc1occc1-c1nnc(SCC(=O)NC2CCOc3ccccc32)o1. The first-order chi connectivity index (χ1) is 12.7. The lowest BCUT2D eigenvalue weighted by Gasteiger charge is -2.26. The normalized spacial score (nSPS) is 16.0. The van der Waals surface area contributed by atoms with Gasteiger partial charge in [-0.25, -0.2) is 0 Å². The average molecular weight is 371 g/mol. The van der Waals surface area contributed by atoms with Crippen molar-refractivity contribution in [3.63, 3.8) is 0 Å². The Bertz CT molecular complexity index is 921. The molecule has 3 heterocycles. The summed E-state index contributed by atoms with van der Waals surface area (Å²) < 4.78 is 16.4. The summed E-state index contributed by atoms with van der Waals surface area (Å²) in [5, 5.41) is 11.4. The van der Waals surface area contributed by atoms with Crippen LogP contribution in [0.5, 0.6) is 5.75 Å². The van der Waals surface area contributed by atoms with Crippen LogP contribution in [0.1, 0.15) is 23.8 Å². The Balaban J connectivity index is 1.35. The van der Waals surface area contributed by atoms with Crippen molar-refractivity contribution in [2.45, 2.75) is 24.6 Å². The van der Waals surface area contributed by atoms with Gasteiger partial charge in [-0.2, -0.15) is 0 Å². The fourth-order valence-electron chi connectivity index (χ4n) is 2.84. The predicted octanol–water partition coefficient (Wildman–Crippen LogP) is 3.37. The van der Waals surface area contributed by atoms with E-state index in [9.17, 15) is 4.79 Å². The monoisotopic (exact) mass is 371 g/mol. The number of aryl methyl sites for hydroxylation is 1. The number of hydrogen-bond donors (Lipinski definition) is 1. The molecule has 0 radical (unpaired) electrons. The van der Waals surface area contributed by atoms with E-state index in [1.807, 2.05) is 31.2 Å². The van der Waals surface area contributed by atoms with Crippen LogP contribution in [-0.4, -0.2) is 28.5 Å². The van der Waals surface area contributed by atoms with Crippen molar-refractivity contribution >= 4 is 17.7 Å². The van der Waals surface area contributed by atoms with Gasteiger partial charge < -0.3 is 18.9 Å². The molecular formula is C18H17N3O4S. The molecule has 0 spiro atoms. The second-order valence-corrected chi connectivity index (χ2v) is 6.77. The summed E-state index contributed by atoms with van der Waals surface area (Å²) in [4.78, 5) is 12.3. The van der Waals surface area contributed by atoms with Gasteiger partial charge in [-0.3, -0.25) is 4.79 Å². The Labute approximate surface area is 154 Å². The van der Waals surface area contributed by atoms with Crippen molar-refractivity contribution in [2.75, 3.05) is 12.4 Å². The van der Waals surface area contributed by atoms with Gasteiger partial charge in [-0.1, -0.05) is 30.0 Å². The van der Waals surface area contributed by atoms with Crippen molar-refractivity contribution in [1.29, 1.82) is 0 Å². The van der Waals surface area contributed by atoms with Gasteiger partial charge in [0.2, 0.25) is 5.91 Å². The highest BCUT2D eigenvalue weighted by molar-refractivity contribution is 7.99. The maximum absolute atomic E-state index is 12.3. The number of para-hydroxylation sites is 1. The summed E-state index contributed by atoms with van der Waals surface area (Å²) in [6.45, 7) is 2.41. The molecule has 4 rings (SSSR count). The molecule has 1 aromatic carbocycles. The van der Waals surface area contributed by atoms with Gasteiger partial charge >= 0.3 is 0 Å². The van der Waals surface area contributed by atoms with Crippen LogP contribution in [-0.2, 0) is 4.79 Å². The highest BCUT2D eigenvalue weighted by atomic mass is 32.2. The zero-order valence-electron chi connectivity index (χ0n) is 14.1. The summed E-state index contributed by atoms with van der Waals surface area (Å²) in [6, 6.07) is 9.49. The van der Waals surface area contributed by atoms with Gasteiger partial charge in [0.05, 0.1) is 30.2 Å². The van der Waals surface area contributed by atoms with E-state index >= 15 is 0 Å². The maximum atomic E-state index is 12.3. The van der Waals surface area contributed by atoms with Gasteiger partial charge in [-0.15, -0.1) is 10.2 Å². The third-order valence-electron chi connectivity index (χ3n) is 4.12. The molecule has 1 amide bonds. The quantitative estimate of drug-likeness (QED) is 0.688. The van der Waals surface area contributed by atoms with E-state index in [0.717, 1.165) is 23.3 Å². The molecule has 0 aliphatic carbocycles. The number of carbonyl (C=O) groups excluding carboxylic acids is 1. The molecule has 2 aromatic heterocycles. The number of nitrogens with zero attached hydrogens (tertiary/aromatic N) is 2. The van der Waals surface area contributed by atoms with Crippen molar-refractivity contribution < 1.29 is 18.4 Å². The summed E-state index contributed by atoms with van der Waals surface area (Å²) in [7, 11) is 0. The number of benzene rings is 1. The smallest absolute Gasteiger partial charge is 0.277 e. The van der Waals surface area contributed by atoms with Crippen LogP contribution in [0.4, 0.5) is 0 Å². The first kappa shape index (κ1) is 16.7. The lowest BCUT2D eigenvalue weighted by atomic mass is 10.0. The van der Waals surface area contributed by atoms with Crippen LogP contribution in [0.15, 0.2) is 50.7 Å². The number of fused-ring (bicyclic) bond motifs is 1. The van der Waals surface area contributed by atoms with Crippen LogP contribution in [0.25, 0.3) is 11.5 Å². The topological polar surface area (TPSA) is 90.4 Å². The Morgan fingerprint density at radius 3 is 3.04 bits per heavy atom. The first-order valence-corrected chi connectivity index (χ1v) is 9.21. The number of carbonyl (C=O) groups is 1. The van der Waals surface area contributed by atoms with E-state index in [-0.39, 0.29) is 17.7 Å². The summed E-state index contributed by atoms with van der Waals surface area (Å²) in [5.41, 5.74) is 1.76. The van der Waals surface area contributed by atoms with E-state index in [4.69, 9.17) is 13.6 Å². The van der Waals surface area contributed by atoms with Gasteiger partial charge in [0.25, 0.3) is 11.1 Å². The Hall–Kier alpha value is -2.74. The first-order valence-electron chi connectivity index (χ1n) is 8.22. The largest absolute Gasteiger partial charge is 0.493 e. The van der Waals surface area contributed by atoms with Crippen LogP contribution in [0, 0.1) is 6.92 Å². The zero-order valence-corrected chi connectivity index (χ0v) is 14.9. The number of ether oxygens (including phenoxy) is 1. The number of hydrogen-bond acceptors (Lipinski definition) is 7. The maximum Gasteiger partial charge on any atom is 0.277 e. The van der Waals surface area contributed by atoms with E-state index < -0.39 is 0 Å². The van der Waals surface area contributed by atoms with E-state index in [1.165, 1.54) is 11.8 Å². The molecule has 0 fully saturated rings. The molecule has 134 valence electrons. The molecule has 8 heteroatoms. The minimum absolute atomic E-state index is 0.0418. The minimum Gasteiger partial charge on any atom is -0.493 e. The van der Waals surface area contributed by atoms with Crippen LogP contribution in [0.3, 0.4) is 0 Å². The van der Waals surface area contributed by atoms with Gasteiger partial charge in [-0.05, 0) is 19.1 Å². The Morgan fingerprint density at radius 1 is 1.31 bits per heavy atom. The number of furan rings is 1. The third-order valence-corrected chi connectivity index (χ3v) is 4.93. The fraction of sp³-hybridized carbons (Fsp3) is 0.278. The van der Waals surface area contributed by atoms with E-state index in [0.29, 0.717) is 23.5 Å². The number of thioether (sulfide) groups is 1. The molecule has 3 aromatic rings. The van der Waals surface area contributed by atoms with Gasteiger partial charge in [0.15, 0.2) is 0 Å². The molecule has 0 saturated heterocycles. The summed E-state index contributed by atoms with van der Waals surface area (Å²) in [6.07, 6.45) is 2.32. The second kappa shape index (κ2) is 7.25. The molecule has 1 aliphatic heterocycles. The minimum atomic E-state index is -0.0871. The zero-order chi connectivity index (χ0) is 17.9. The standard InChI is InChI=1S/C18H17N3O4S/c1-11-12(6-8-23-11)17-20-21-18(25-17)26-10-16(22)19-14-7-9-24-15-5-3-2-4-13(14)15/h2-6,8,14H,7,9-10H2,1H3,(H,19,22). The summed E-state index contributed by atoms with van der Waals surface area (Å²) >= 11 is 1.21. The summed E-state index contributed by atoms with van der Waals surface area (Å²) in [5.74, 6) is 2.04. The average Bonchev–Trinajstić information content (AvgIpc) is 3.29. The molecule has 7 nitrogen and oxygen atoms in total. The van der Waals surface area contributed by atoms with E-state index in [2.05, 4.69) is 15.5 Å². The molecular weight excluding hydrogens is 354 g/mol. The molecule has 0 saturated carbocycles. The fourth-order valence-corrected chi connectivity index (χ4v) is 3.41. The molecule has 1 aliphatic rings. The lowest BCUT2D eigenvalue weighted by molar-refractivity contribution is -0.119. The van der Waals surface area contributed by atoms with Crippen LogP contribution < -0.4 is 10.1 Å². The van der Waals surface area contributed by atoms with Crippen LogP contribution in [0.2, 0.25) is 0 Å². The van der Waals surface area contributed by atoms with Crippen molar-refractivity contribution in [1.82, 2.24) is 15.5 Å². The van der Waals surface area contributed by atoms with E-state index in [1.54, 1.807) is 12.3 Å². The Kier molecular flexibility index (Phi) is 4.66. The molecule has 1 atom stereocenters. The number of aromatic nitrogens is 2. The van der Waals surface area contributed by atoms with Gasteiger partial charge in [0, 0.05) is 12.0 Å². The highest BCUT2D eigenvalue weighted by Crippen LogP contribution is 2.32. The lowest BCUT2D eigenvalue weighted by Crippen LogP contribution is -2.33. The predicted molar refractivity (Wildman–Crippen MR) is 94.9 cm³/mol. The third kappa shape index (κ3) is 3.45. The molecule has 26 heavy (non-hydrogen) atoms. The second-order valence-electron chi connectivity index (χ2n) is 5.85. The highest BCUT2D eigenvalue weighted by Gasteiger charge is 2.23. The van der Waals surface area contributed by atoms with Crippen molar-refractivity contribution in [3.05, 3.63) is 47.9 Å². The van der Waals surface area contributed by atoms with Crippen LogP contribution >= 0.6 is 11.8 Å². The number of amides is 1. The molecule has 0 bridgehead atoms. The van der Waals surface area contributed by atoms with Gasteiger partial charge in [0.1, 0.15) is 11.5 Å².